The lowest BCUT2D eigenvalue weighted by Crippen LogP contribution is -2.22. The first kappa shape index (κ1) is 19.4. The Morgan fingerprint density at radius 3 is 3.03 bits per heavy atom. The zero-order valence-electron chi connectivity index (χ0n) is 16.6. The molecule has 1 N–H and O–H groups in total. The lowest BCUT2D eigenvalue weighted by atomic mass is 9.90. The van der Waals surface area contributed by atoms with Crippen molar-refractivity contribution in [2.45, 2.75) is 43.6 Å². The van der Waals surface area contributed by atoms with Gasteiger partial charge in [-0.1, -0.05) is 18.7 Å². The highest BCUT2D eigenvalue weighted by molar-refractivity contribution is 8.00. The minimum atomic E-state index is -0.402. The molecule has 2 atom stereocenters. The zero-order valence-corrected chi connectivity index (χ0v) is 18.3. The van der Waals surface area contributed by atoms with E-state index in [9.17, 15) is 4.79 Å². The van der Waals surface area contributed by atoms with Crippen LogP contribution in [0.1, 0.15) is 30.7 Å². The molecule has 0 radical (unpaired) electrons. The van der Waals surface area contributed by atoms with E-state index in [2.05, 4.69) is 28.5 Å². The van der Waals surface area contributed by atoms with Gasteiger partial charge in [0.1, 0.15) is 0 Å². The molecule has 3 aromatic rings. The van der Waals surface area contributed by atoms with Crippen molar-refractivity contribution in [3.8, 4) is 22.3 Å². The van der Waals surface area contributed by atoms with Crippen molar-refractivity contribution >= 4 is 34.7 Å². The predicted octanol–water partition coefficient (Wildman–Crippen LogP) is 4.77. The number of nitrogens with zero attached hydrogens (tertiary/aromatic N) is 2. The molecule has 3 heterocycles. The van der Waals surface area contributed by atoms with Gasteiger partial charge < -0.3 is 19.2 Å². The Labute approximate surface area is 182 Å². The van der Waals surface area contributed by atoms with Crippen LogP contribution in [0.15, 0.2) is 33.9 Å². The predicted molar refractivity (Wildman–Crippen MR) is 115 cm³/mol. The van der Waals surface area contributed by atoms with E-state index in [0.717, 1.165) is 23.6 Å². The average Bonchev–Trinajstić information content (AvgIpc) is 3.46. The molecule has 0 spiro atoms. The third-order valence-electron chi connectivity index (χ3n) is 5.23. The Balaban J connectivity index is 1.23. The SMILES string of the molecule is C[C@@H]1CCc2sc(-c3nnc(S[C@@H](C)C(=O)Nc4ccc5c(c4)OCO5)o3)cc2C1. The summed E-state index contributed by atoms with van der Waals surface area (Å²) in [6.45, 7) is 4.30. The number of nitrogens with one attached hydrogen (secondary N) is 1. The summed E-state index contributed by atoms with van der Waals surface area (Å²) in [6.07, 6.45) is 3.46. The fourth-order valence-electron chi connectivity index (χ4n) is 3.59. The number of aromatic nitrogens is 2. The van der Waals surface area contributed by atoms with E-state index < -0.39 is 5.25 Å². The first-order valence-corrected chi connectivity index (χ1v) is 11.6. The number of thiophene rings is 1. The number of rotatable bonds is 5. The third kappa shape index (κ3) is 3.91. The van der Waals surface area contributed by atoms with Crippen molar-refractivity contribution in [2.24, 2.45) is 5.92 Å². The summed E-state index contributed by atoms with van der Waals surface area (Å²) in [7, 11) is 0. The number of carbonyl (C=O) groups excluding carboxylic acids is 1. The second-order valence-electron chi connectivity index (χ2n) is 7.60. The minimum absolute atomic E-state index is 0.154. The monoisotopic (exact) mass is 443 g/mol. The van der Waals surface area contributed by atoms with Crippen molar-refractivity contribution < 1.29 is 18.7 Å². The van der Waals surface area contributed by atoms with Crippen LogP contribution in [0.5, 0.6) is 11.5 Å². The molecule has 1 aliphatic heterocycles. The van der Waals surface area contributed by atoms with Gasteiger partial charge in [-0.05, 0) is 55.9 Å². The molecule has 1 aliphatic carbocycles. The summed E-state index contributed by atoms with van der Waals surface area (Å²) < 4.78 is 16.5. The van der Waals surface area contributed by atoms with Crippen LogP contribution in [0.3, 0.4) is 0 Å². The Morgan fingerprint density at radius 1 is 1.27 bits per heavy atom. The summed E-state index contributed by atoms with van der Waals surface area (Å²) in [4.78, 5) is 15.0. The molecule has 156 valence electrons. The Bertz CT molecular complexity index is 1090. The molecule has 30 heavy (non-hydrogen) atoms. The first-order chi connectivity index (χ1) is 14.5. The van der Waals surface area contributed by atoms with Gasteiger partial charge >= 0.3 is 0 Å². The molecule has 0 saturated carbocycles. The Hall–Kier alpha value is -2.52. The fraction of sp³-hybridized carbons (Fsp3) is 0.381. The van der Waals surface area contributed by atoms with Crippen molar-refractivity contribution in [1.82, 2.24) is 10.2 Å². The van der Waals surface area contributed by atoms with Crippen LogP contribution in [0.25, 0.3) is 10.8 Å². The molecule has 1 amide bonds. The number of ether oxygens (including phenoxy) is 2. The number of benzene rings is 1. The number of fused-ring (bicyclic) bond motifs is 2. The third-order valence-corrected chi connectivity index (χ3v) is 7.39. The van der Waals surface area contributed by atoms with Crippen LogP contribution in [0.4, 0.5) is 5.69 Å². The van der Waals surface area contributed by atoms with E-state index >= 15 is 0 Å². The number of carbonyl (C=O) groups is 1. The van der Waals surface area contributed by atoms with E-state index in [-0.39, 0.29) is 12.7 Å². The molecule has 9 heteroatoms. The van der Waals surface area contributed by atoms with Gasteiger partial charge in [0.05, 0.1) is 10.1 Å². The van der Waals surface area contributed by atoms with Crippen LogP contribution in [-0.4, -0.2) is 28.1 Å². The Kier molecular flexibility index (Phi) is 5.16. The van der Waals surface area contributed by atoms with E-state index in [1.165, 1.54) is 28.6 Å². The molecular weight excluding hydrogens is 422 g/mol. The number of hydrogen-bond donors (Lipinski definition) is 1. The molecule has 7 nitrogen and oxygen atoms in total. The summed E-state index contributed by atoms with van der Waals surface area (Å²) in [6, 6.07) is 7.49. The smallest absolute Gasteiger partial charge is 0.277 e. The summed E-state index contributed by atoms with van der Waals surface area (Å²) in [5.41, 5.74) is 2.05. The molecule has 5 rings (SSSR count). The van der Waals surface area contributed by atoms with Crippen LogP contribution in [-0.2, 0) is 17.6 Å². The van der Waals surface area contributed by atoms with Crippen molar-refractivity contribution in [3.05, 3.63) is 34.7 Å². The van der Waals surface area contributed by atoms with E-state index in [1.54, 1.807) is 29.5 Å². The van der Waals surface area contributed by atoms with Gasteiger partial charge in [0.15, 0.2) is 11.5 Å². The highest BCUT2D eigenvalue weighted by Gasteiger charge is 2.23. The summed E-state index contributed by atoms with van der Waals surface area (Å²) in [5, 5.41) is 11.2. The van der Waals surface area contributed by atoms with Gasteiger partial charge in [0.2, 0.25) is 12.7 Å². The summed E-state index contributed by atoms with van der Waals surface area (Å²) in [5.74, 6) is 2.39. The molecule has 0 fully saturated rings. The number of amides is 1. The fourth-order valence-corrected chi connectivity index (χ4v) is 5.40. The number of anilines is 1. The maximum absolute atomic E-state index is 12.6. The van der Waals surface area contributed by atoms with Crippen LogP contribution >= 0.6 is 23.1 Å². The zero-order chi connectivity index (χ0) is 20.7. The first-order valence-electron chi connectivity index (χ1n) is 9.88. The van der Waals surface area contributed by atoms with Gasteiger partial charge in [-0.2, -0.15) is 0 Å². The van der Waals surface area contributed by atoms with Gasteiger partial charge in [-0.3, -0.25) is 4.79 Å². The van der Waals surface area contributed by atoms with Gasteiger partial charge in [-0.25, -0.2) is 0 Å². The highest BCUT2D eigenvalue weighted by atomic mass is 32.2. The normalized spacial score (nSPS) is 18.1. The standard InChI is InChI=1S/C21H21N3O4S2/c1-11-3-6-17-13(7-11)8-18(30-17)20-23-24-21(28-20)29-12(2)19(25)22-14-4-5-15-16(9-14)27-10-26-15/h4-5,8-9,11-12H,3,6-7,10H2,1-2H3,(H,22,25)/t11-,12+/m1/s1. The Morgan fingerprint density at radius 2 is 2.13 bits per heavy atom. The largest absolute Gasteiger partial charge is 0.454 e. The number of hydrogen-bond acceptors (Lipinski definition) is 8. The van der Waals surface area contributed by atoms with Crippen LogP contribution in [0, 0.1) is 5.92 Å². The second kappa shape index (κ2) is 7.96. The topological polar surface area (TPSA) is 86.5 Å². The lowest BCUT2D eigenvalue weighted by molar-refractivity contribution is -0.115. The van der Waals surface area contributed by atoms with Gasteiger partial charge in [0.25, 0.3) is 11.1 Å². The van der Waals surface area contributed by atoms with Gasteiger partial charge in [-0.15, -0.1) is 21.5 Å². The molecular formula is C21H21N3O4S2. The average molecular weight is 444 g/mol. The molecule has 0 saturated heterocycles. The van der Waals surface area contributed by atoms with Gasteiger partial charge in [0, 0.05) is 16.6 Å². The second-order valence-corrected chi connectivity index (χ2v) is 10.0. The molecule has 1 aromatic carbocycles. The van der Waals surface area contributed by atoms with E-state index in [0.29, 0.717) is 28.3 Å². The number of thioether (sulfide) groups is 1. The maximum Gasteiger partial charge on any atom is 0.277 e. The molecule has 2 aliphatic rings. The summed E-state index contributed by atoms with van der Waals surface area (Å²) >= 11 is 2.98. The van der Waals surface area contributed by atoms with E-state index in [4.69, 9.17) is 13.9 Å². The highest BCUT2D eigenvalue weighted by Crippen LogP contribution is 2.38. The van der Waals surface area contributed by atoms with Crippen molar-refractivity contribution in [1.29, 1.82) is 0 Å². The van der Waals surface area contributed by atoms with Crippen molar-refractivity contribution in [3.63, 3.8) is 0 Å². The quantitative estimate of drug-likeness (QED) is 0.568. The molecule has 0 unspecified atom stereocenters. The van der Waals surface area contributed by atoms with Crippen LogP contribution < -0.4 is 14.8 Å². The molecule has 0 bridgehead atoms. The van der Waals surface area contributed by atoms with Crippen molar-refractivity contribution in [2.75, 3.05) is 12.1 Å². The van der Waals surface area contributed by atoms with E-state index in [1.807, 2.05) is 6.92 Å². The number of aryl methyl sites for hydroxylation is 1. The van der Waals surface area contributed by atoms with Crippen LogP contribution in [0.2, 0.25) is 0 Å². The minimum Gasteiger partial charge on any atom is -0.454 e. The lowest BCUT2D eigenvalue weighted by Gasteiger charge is -2.16. The molecule has 2 aromatic heterocycles. The maximum atomic E-state index is 12.6.